The molecule has 288 valence electrons. The Balaban J connectivity index is 0.00000172. The van der Waals surface area contributed by atoms with Gasteiger partial charge in [0.2, 0.25) is 0 Å². The van der Waals surface area contributed by atoms with Crippen LogP contribution in [0.5, 0.6) is 0 Å². The summed E-state index contributed by atoms with van der Waals surface area (Å²) in [6.45, 7) is 25.4. The van der Waals surface area contributed by atoms with Crippen molar-refractivity contribution in [2.45, 2.75) is 146 Å². The molecule has 1 atom stereocenters. The van der Waals surface area contributed by atoms with Gasteiger partial charge >= 0.3 is 0 Å². The highest BCUT2D eigenvalue weighted by molar-refractivity contribution is 5.54. The van der Waals surface area contributed by atoms with Gasteiger partial charge in [0.25, 0.3) is 0 Å². The van der Waals surface area contributed by atoms with Crippen LogP contribution < -0.4 is 10.6 Å². The molecule has 0 aliphatic heterocycles. The van der Waals surface area contributed by atoms with Crippen LogP contribution in [0, 0.1) is 5.92 Å². The van der Waals surface area contributed by atoms with Gasteiger partial charge in [-0.05, 0) is 107 Å². The third kappa shape index (κ3) is 18.1. The van der Waals surface area contributed by atoms with Crippen molar-refractivity contribution < 1.29 is 0 Å². The zero-order valence-electron chi connectivity index (χ0n) is 35.8. The van der Waals surface area contributed by atoms with E-state index in [4.69, 9.17) is 0 Å². The third-order valence-corrected chi connectivity index (χ3v) is 9.05. The van der Waals surface area contributed by atoms with Crippen LogP contribution in [0.1, 0.15) is 152 Å². The summed E-state index contributed by atoms with van der Waals surface area (Å²) in [6.07, 6.45) is 41.3. The summed E-state index contributed by atoms with van der Waals surface area (Å²) in [5.74, 6) is 0.744. The molecule has 0 aromatic heterocycles. The molecule has 3 aliphatic carbocycles. The Labute approximate surface area is 323 Å². The first-order valence-electron chi connectivity index (χ1n) is 20.6. The van der Waals surface area contributed by atoms with Gasteiger partial charge in [0, 0.05) is 24.4 Å². The monoisotopic (exact) mass is 707 g/mol. The second-order valence-electron chi connectivity index (χ2n) is 13.2. The molecule has 0 amide bonds. The van der Waals surface area contributed by atoms with E-state index in [2.05, 4.69) is 156 Å². The van der Waals surface area contributed by atoms with Gasteiger partial charge in [-0.2, -0.15) is 0 Å². The van der Waals surface area contributed by atoms with Crippen LogP contribution in [0.25, 0.3) is 6.08 Å². The summed E-state index contributed by atoms with van der Waals surface area (Å²) >= 11 is 0. The number of hydrogen-bond acceptors (Lipinski definition) is 2. The summed E-state index contributed by atoms with van der Waals surface area (Å²) < 4.78 is 0. The second-order valence-corrected chi connectivity index (χ2v) is 13.2. The van der Waals surface area contributed by atoms with Crippen LogP contribution in [-0.4, -0.2) is 7.05 Å². The molecule has 2 nitrogen and oxygen atoms in total. The van der Waals surface area contributed by atoms with E-state index in [-0.39, 0.29) is 5.41 Å². The Morgan fingerprint density at radius 2 is 1.46 bits per heavy atom. The molecule has 0 radical (unpaired) electrons. The lowest BCUT2D eigenvalue weighted by molar-refractivity contribution is 0.403. The minimum Gasteiger partial charge on any atom is -0.394 e. The molecule has 52 heavy (non-hydrogen) atoms. The smallest absolute Gasteiger partial charge is 0.0165 e. The molecule has 2 N–H and O–H groups in total. The lowest BCUT2D eigenvalue weighted by Crippen LogP contribution is -2.30. The van der Waals surface area contributed by atoms with Gasteiger partial charge < -0.3 is 10.6 Å². The van der Waals surface area contributed by atoms with Crippen molar-refractivity contribution in [3.05, 3.63) is 148 Å². The topological polar surface area (TPSA) is 24.1 Å². The van der Waals surface area contributed by atoms with E-state index >= 15 is 0 Å². The Kier molecular flexibility index (Phi) is 27.6. The highest BCUT2D eigenvalue weighted by Crippen LogP contribution is 2.44. The van der Waals surface area contributed by atoms with Crippen molar-refractivity contribution in [1.82, 2.24) is 10.6 Å². The summed E-state index contributed by atoms with van der Waals surface area (Å²) in [6, 6.07) is 9.30. The van der Waals surface area contributed by atoms with Gasteiger partial charge in [-0.3, -0.25) is 0 Å². The van der Waals surface area contributed by atoms with E-state index in [1.54, 1.807) is 5.57 Å². The van der Waals surface area contributed by atoms with E-state index in [0.29, 0.717) is 0 Å². The van der Waals surface area contributed by atoms with Crippen molar-refractivity contribution in [2.75, 3.05) is 7.05 Å². The SMILES string of the molecule is CC.CC.CC.CC1=CC=CCC1.CCCC(CCC)(C1=CC=C(N/C=C/C=C(C)\C=C/C2=CC(C)C2)CC1)c1ccc(/C=C\C(C)=C/NC)cc1. The minimum atomic E-state index is 0.116. The fourth-order valence-electron chi connectivity index (χ4n) is 6.55. The molecule has 0 bridgehead atoms. The molecular formula is C50H78N2. The quantitative estimate of drug-likeness (QED) is 0.188. The molecule has 1 unspecified atom stereocenters. The molecule has 0 fully saturated rings. The predicted molar refractivity (Wildman–Crippen MR) is 238 cm³/mol. The highest BCUT2D eigenvalue weighted by atomic mass is 14.8. The van der Waals surface area contributed by atoms with Gasteiger partial charge in [0.1, 0.15) is 0 Å². The zero-order valence-corrected chi connectivity index (χ0v) is 35.8. The van der Waals surface area contributed by atoms with Crippen molar-refractivity contribution in [2.24, 2.45) is 5.92 Å². The minimum absolute atomic E-state index is 0.116. The Hall–Kier alpha value is -3.78. The number of hydrogen-bond donors (Lipinski definition) is 2. The number of rotatable bonds is 14. The van der Waals surface area contributed by atoms with E-state index in [0.717, 1.165) is 18.8 Å². The summed E-state index contributed by atoms with van der Waals surface area (Å²) in [5.41, 5.74) is 11.1. The van der Waals surface area contributed by atoms with Crippen molar-refractivity contribution in [3.8, 4) is 0 Å². The first-order valence-corrected chi connectivity index (χ1v) is 20.6. The lowest BCUT2D eigenvalue weighted by atomic mass is 9.66. The fraction of sp³-hybridized carbons (Fsp3) is 0.480. The predicted octanol–water partition coefficient (Wildman–Crippen LogP) is 15.2. The van der Waals surface area contributed by atoms with E-state index < -0.39 is 0 Å². The summed E-state index contributed by atoms with van der Waals surface area (Å²) in [5, 5.41) is 6.62. The average Bonchev–Trinajstić information content (AvgIpc) is 3.17. The number of benzene rings is 1. The van der Waals surface area contributed by atoms with Crippen LogP contribution in [0.15, 0.2) is 137 Å². The molecule has 1 aromatic rings. The van der Waals surface area contributed by atoms with Crippen molar-refractivity contribution in [3.63, 3.8) is 0 Å². The number of nitrogens with one attached hydrogen (secondary N) is 2. The van der Waals surface area contributed by atoms with E-state index in [9.17, 15) is 0 Å². The normalized spacial score (nSPS) is 17.1. The molecule has 3 aliphatic rings. The molecule has 0 saturated heterocycles. The fourth-order valence-corrected chi connectivity index (χ4v) is 6.55. The van der Waals surface area contributed by atoms with Crippen molar-refractivity contribution in [1.29, 1.82) is 0 Å². The van der Waals surface area contributed by atoms with Crippen molar-refractivity contribution >= 4 is 6.08 Å². The van der Waals surface area contributed by atoms with Gasteiger partial charge in [-0.1, -0.05) is 182 Å². The first kappa shape index (κ1) is 48.2. The number of allylic oxidation sites excluding steroid dienone is 17. The molecule has 2 heteroatoms. The van der Waals surface area contributed by atoms with Gasteiger partial charge in [0.15, 0.2) is 0 Å². The standard InChI is InChI=1S/C37H50N2.C7H10.3C2H6/c1-7-23-37(24-8-2,34-17-15-32(16-18-34)13-12-30(4)28-38-6)35-19-21-36(22-20-35)39-25-9-10-29(3)11-14-33-26-31(5)27-33;1-7-5-3-2-4-6-7;3*1-2/h9-19,21,25-26,28,31,38-39H,7-8,20,22-24,27H2,1-6H3;2-3,5H,4,6H2,1H3;3*1-2H3/b13-12-,14-11-,25-9+,29-10-,30-28-;;;;. The highest BCUT2D eigenvalue weighted by Gasteiger charge is 2.34. The van der Waals surface area contributed by atoms with Gasteiger partial charge in [-0.15, -0.1) is 0 Å². The maximum absolute atomic E-state index is 3.52. The second kappa shape index (κ2) is 29.8. The largest absolute Gasteiger partial charge is 0.394 e. The maximum Gasteiger partial charge on any atom is 0.0165 e. The van der Waals surface area contributed by atoms with Gasteiger partial charge in [-0.25, -0.2) is 0 Å². The van der Waals surface area contributed by atoms with Crippen LogP contribution in [0.2, 0.25) is 0 Å². The molecule has 4 rings (SSSR count). The van der Waals surface area contributed by atoms with Crippen LogP contribution >= 0.6 is 0 Å². The maximum atomic E-state index is 3.52. The Bertz CT molecular complexity index is 1410. The zero-order chi connectivity index (χ0) is 39.2. The van der Waals surface area contributed by atoms with Gasteiger partial charge in [0.05, 0.1) is 0 Å². The lowest BCUT2D eigenvalue weighted by Gasteiger charge is -2.38. The molecule has 0 heterocycles. The van der Waals surface area contributed by atoms with Crippen LogP contribution in [-0.2, 0) is 5.41 Å². The summed E-state index contributed by atoms with van der Waals surface area (Å²) in [7, 11) is 1.94. The molecule has 0 saturated carbocycles. The molecular weight excluding hydrogens is 629 g/mol. The molecule has 0 spiro atoms. The third-order valence-electron chi connectivity index (χ3n) is 9.05. The first-order chi connectivity index (χ1) is 25.3. The molecule has 1 aromatic carbocycles. The van der Waals surface area contributed by atoms with E-state index in [1.807, 2.05) is 54.8 Å². The Morgan fingerprint density at radius 3 is 1.94 bits per heavy atom. The van der Waals surface area contributed by atoms with E-state index in [1.165, 1.54) is 84.1 Å². The van der Waals surface area contributed by atoms with Crippen LogP contribution in [0.3, 0.4) is 0 Å². The Morgan fingerprint density at radius 1 is 0.827 bits per heavy atom. The summed E-state index contributed by atoms with van der Waals surface area (Å²) in [4.78, 5) is 0. The van der Waals surface area contributed by atoms with Crippen LogP contribution in [0.4, 0.5) is 0 Å². The average molecular weight is 707 g/mol.